The zero-order valence-electron chi connectivity index (χ0n) is 15.9. The summed E-state index contributed by atoms with van der Waals surface area (Å²) in [5, 5.41) is 3.59. The molecule has 0 atom stereocenters. The Hall–Kier alpha value is -2.57. The molecule has 1 amide bonds. The molecule has 0 unspecified atom stereocenters. The van der Waals surface area contributed by atoms with Gasteiger partial charge < -0.3 is 19.5 Å². The van der Waals surface area contributed by atoms with Crippen LogP contribution in [-0.4, -0.2) is 44.0 Å². The second kappa shape index (κ2) is 8.20. The molecule has 2 aromatic carbocycles. The number of rotatable bonds is 3. The smallest absolute Gasteiger partial charge is 0.291 e. The van der Waals surface area contributed by atoms with E-state index in [1.54, 1.807) is 13.0 Å². The van der Waals surface area contributed by atoms with E-state index in [0.717, 1.165) is 37.6 Å². The number of carbonyl (C=O) groups is 1. The number of para-hydroxylation sites is 2. The molecular weight excluding hydrogens is 381 g/mol. The van der Waals surface area contributed by atoms with E-state index in [1.165, 1.54) is 12.1 Å². The molecule has 0 aliphatic carbocycles. The van der Waals surface area contributed by atoms with Crippen molar-refractivity contribution in [2.75, 3.05) is 43.4 Å². The standard InChI is InChI=1S/C21H22FN3O2.ClH/c1-14-16-13-15(22)7-8-19(16)27-20(14)21(26)23-17-5-3-4-6-18(17)25-11-9-24(2)10-12-25;/h3-8,13H,9-12H2,1-2H3,(H,23,26);1H. The van der Waals surface area contributed by atoms with Gasteiger partial charge in [0.25, 0.3) is 5.91 Å². The second-order valence-electron chi connectivity index (χ2n) is 6.96. The normalized spacial score (nSPS) is 14.8. The Balaban J connectivity index is 0.00000225. The Labute approximate surface area is 169 Å². The number of likely N-dealkylation sites (N-methyl/N-ethyl adjacent to an activating group) is 1. The van der Waals surface area contributed by atoms with Crippen molar-refractivity contribution in [1.82, 2.24) is 4.90 Å². The fourth-order valence-electron chi connectivity index (χ4n) is 3.49. The molecule has 1 saturated heterocycles. The van der Waals surface area contributed by atoms with E-state index in [0.29, 0.717) is 16.5 Å². The number of amides is 1. The molecule has 1 N–H and O–H groups in total. The maximum Gasteiger partial charge on any atom is 0.291 e. The van der Waals surface area contributed by atoms with Crippen molar-refractivity contribution in [1.29, 1.82) is 0 Å². The average molecular weight is 404 g/mol. The summed E-state index contributed by atoms with van der Waals surface area (Å²) < 4.78 is 19.2. The van der Waals surface area contributed by atoms with Crippen LogP contribution in [0.25, 0.3) is 11.0 Å². The molecule has 7 heteroatoms. The van der Waals surface area contributed by atoms with Crippen LogP contribution in [0.2, 0.25) is 0 Å². The number of nitrogens with zero attached hydrogens (tertiary/aromatic N) is 2. The predicted octanol–water partition coefficient (Wildman–Crippen LogP) is 4.31. The highest BCUT2D eigenvalue weighted by Gasteiger charge is 2.21. The van der Waals surface area contributed by atoms with Gasteiger partial charge in [-0.15, -0.1) is 12.4 Å². The van der Waals surface area contributed by atoms with Crippen molar-refractivity contribution in [2.45, 2.75) is 6.92 Å². The number of hydrogen-bond acceptors (Lipinski definition) is 4. The third kappa shape index (κ3) is 3.84. The van der Waals surface area contributed by atoms with E-state index < -0.39 is 0 Å². The van der Waals surface area contributed by atoms with Crippen LogP contribution in [0, 0.1) is 12.7 Å². The van der Waals surface area contributed by atoms with Crippen LogP contribution in [0.3, 0.4) is 0 Å². The van der Waals surface area contributed by atoms with Gasteiger partial charge in [0.05, 0.1) is 11.4 Å². The number of piperazine rings is 1. The minimum Gasteiger partial charge on any atom is -0.451 e. The molecule has 0 bridgehead atoms. The van der Waals surface area contributed by atoms with Crippen molar-refractivity contribution < 1.29 is 13.6 Å². The maximum absolute atomic E-state index is 13.5. The Morgan fingerprint density at radius 1 is 1.11 bits per heavy atom. The van der Waals surface area contributed by atoms with Crippen molar-refractivity contribution >= 4 is 40.7 Å². The molecule has 0 spiro atoms. The van der Waals surface area contributed by atoms with Gasteiger partial charge in [-0.05, 0) is 44.3 Å². The second-order valence-corrected chi connectivity index (χ2v) is 6.96. The first kappa shape index (κ1) is 20.2. The lowest BCUT2D eigenvalue weighted by Gasteiger charge is -2.35. The number of fused-ring (bicyclic) bond motifs is 1. The molecule has 0 radical (unpaired) electrons. The summed E-state index contributed by atoms with van der Waals surface area (Å²) in [5.41, 5.74) is 2.89. The van der Waals surface area contributed by atoms with Gasteiger partial charge in [-0.1, -0.05) is 12.1 Å². The number of nitrogens with one attached hydrogen (secondary N) is 1. The first-order valence-electron chi connectivity index (χ1n) is 9.05. The third-order valence-corrected chi connectivity index (χ3v) is 5.10. The summed E-state index contributed by atoms with van der Waals surface area (Å²) in [6, 6.07) is 12.0. The van der Waals surface area contributed by atoms with Crippen molar-refractivity contribution in [3.05, 3.63) is 59.6 Å². The van der Waals surface area contributed by atoms with E-state index >= 15 is 0 Å². The lowest BCUT2D eigenvalue weighted by molar-refractivity contribution is 0.0998. The molecule has 4 rings (SSSR count). The van der Waals surface area contributed by atoms with Crippen LogP contribution in [0.15, 0.2) is 46.9 Å². The van der Waals surface area contributed by atoms with Crippen LogP contribution in [0.5, 0.6) is 0 Å². The summed E-state index contributed by atoms with van der Waals surface area (Å²) in [6.07, 6.45) is 0. The zero-order valence-corrected chi connectivity index (χ0v) is 16.7. The minimum absolute atomic E-state index is 0. The van der Waals surface area contributed by atoms with Gasteiger partial charge >= 0.3 is 0 Å². The van der Waals surface area contributed by atoms with E-state index in [9.17, 15) is 9.18 Å². The third-order valence-electron chi connectivity index (χ3n) is 5.10. The van der Waals surface area contributed by atoms with Gasteiger partial charge in [0.1, 0.15) is 11.4 Å². The molecule has 1 aliphatic heterocycles. The van der Waals surface area contributed by atoms with E-state index in [-0.39, 0.29) is 29.9 Å². The molecular formula is C21H23ClFN3O2. The fourth-order valence-corrected chi connectivity index (χ4v) is 3.49. The number of benzene rings is 2. The molecule has 1 fully saturated rings. The number of carbonyl (C=O) groups excluding carboxylic acids is 1. The van der Waals surface area contributed by atoms with Crippen LogP contribution in [-0.2, 0) is 0 Å². The Morgan fingerprint density at radius 2 is 1.82 bits per heavy atom. The summed E-state index contributed by atoms with van der Waals surface area (Å²) in [7, 11) is 2.11. The molecule has 5 nitrogen and oxygen atoms in total. The predicted molar refractivity (Wildman–Crippen MR) is 112 cm³/mol. The lowest BCUT2D eigenvalue weighted by Crippen LogP contribution is -2.44. The summed E-state index contributed by atoms with van der Waals surface area (Å²) in [4.78, 5) is 17.4. The zero-order chi connectivity index (χ0) is 19.0. The number of furan rings is 1. The Kier molecular flexibility index (Phi) is 5.91. The molecule has 28 heavy (non-hydrogen) atoms. The minimum atomic E-state index is -0.348. The molecule has 3 aromatic rings. The monoisotopic (exact) mass is 403 g/mol. The van der Waals surface area contributed by atoms with E-state index in [4.69, 9.17) is 4.42 Å². The Morgan fingerprint density at radius 3 is 2.57 bits per heavy atom. The molecule has 0 saturated carbocycles. The van der Waals surface area contributed by atoms with Gasteiger partial charge in [0.2, 0.25) is 0 Å². The van der Waals surface area contributed by atoms with Gasteiger partial charge in [-0.3, -0.25) is 4.79 Å². The van der Waals surface area contributed by atoms with E-state index in [2.05, 4.69) is 22.2 Å². The SMILES string of the molecule is Cc1c(C(=O)Nc2ccccc2N2CCN(C)CC2)oc2ccc(F)cc12.Cl. The highest BCUT2D eigenvalue weighted by molar-refractivity contribution is 6.07. The molecule has 2 heterocycles. The molecule has 1 aliphatic rings. The lowest BCUT2D eigenvalue weighted by atomic mass is 10.1. The van der Waals surface area contributed by atoms with Crippen molar-refractivity contribution in [2.24, 2.45) is 0 Å². The average Bonchev–Trinajstić information content (AvgIpc) is 2.99. The van der Waals surface area contributed by atoms with Crippen LogP contribution in [0.1, 0.15) is 16.1 Å². The van der Waals surface area contributed by atoms with Gasteiger partial charge in [0, 0.05) is 37.1 Å². The van der Waals surface area contributed by atoms with Crippen molar-refractivity contribution in [3.8, 4) is 0 Å². The quantitative estimate of drug-likeness (QED) is 0.708. The fraction of sp³-hybridized carbons (Fsp3) is 0.286. The number of halogens is 2. The molecule has 1 aromatic heterocycles. The van der Waals surface area contributed by atoms with Crippen LogP contribution in [0.4, 0.5) is 15.8 Å². The van der Waals surface area contributed by atoms with Gasteiger partial charge in [-0.25, -0.2) is 4.39 Å². The Bertz CT molecular complexity index is 996. The first-order chi connectivity index (χ1) is 13.0. The van der Waals surface area contributed by atoms with Gasteiger partial charge in [0.15, 0.2) is 5.76 Å². The summed E-state index contributed by atoms with van der Waals surface area (Å²) >= 11 is 0. The van der Waals surface area contributed by atoms with Crippen LogP contribution >= 0.6 is 12.4 Å². The molecule has 148 valence electrons. The maximum atomic E-state index is 13.5. The first-order valence-corrected chi connectivity index (χ1v) is 9.05. The summed E-state index contributed by atoms with van der Waals surface area (Å²) in [5.74, 6) is -0.465. The number of hydrogen-bond donors (Lipinski definition) is 1. The highest BCUT2D eigenvalue weighted by Crippen LogP contribution is 2.30. The van der Waals surface area contributed by atoms with Crippen LogP contribution < -0.4 is 10.2 Å². The largest absolute Gasteiger partial charge is 0.451 e. The number of aryl methyl sites for hydroxylation is 1. The number of anilines is 2. The van der Waals surface area contributed by atoms with Crippen molar-refractivity contribution in [3.63, 3.8) is 0 Å². The van der Waals surface area contributed by atoms with Gasteiger partial charge in [-0.2, -0.15) is 0 Å². The topological polar surface area (TPSA) is 48.7 Å². The highest BCUT2D eigenvalue weighted by atomic mass is 35.5. The summed E-state index contributed by atoms with van der Waals surface area (Å²) in [6.45, 7) is 5.55. The van der Waals surface area contributed by atoms with E-state index in [1.807, 2.05) is 24.3 Å².